The molecule has 0 radical (unpaired) electrons. The Kier molecular flexibility index (Phi) is 4.45. The van der Waals surface area contributed by atoms with E-state index in [-0.39, 0.29) is 0 Å². The molecule has 1 saturated heterocycles. The van der Waals surface area contributed by atoms with Crippen molar-refractivity contribution in [3.8, 4) is 0 Å². The molecule has 3 nitrogen and oxygen atoms in total. The molecule has 13 heavy (non-hydrogen) atoms. The van der Waals surface area contributed by atoms with Gasteiger partial charge in [-0.2, -0.15) is 0 Å². The maximum atomic E-state index is 5.43. The van der Waals surface area contributed by atoms with Crippen LogP contribution in [0.5, 0.6) is 0 Å². The summed E-state index contributed by atoms with van der Waals surface area (Å²) in [4.78, 5) is 6.41. The van der Waals surface area contributed by atoms with Gasteiger partial charge in [-0.05, 0) is 19.9 Å². The van der Waals surface area contributed by atoms with E-state index in [0.717, 1.165) is 17.7 Å². The molecule has 4 heteroatoms. The summed E-state index contributed by atoms with van der Waals surface area (Å²) in [5.74, 6) is 0.990. The molecule has 1 rings (SSSR count). The molecule has 0 N–H and O–H groups in total. The molecule has 0 unspecified atom stereocenters. The Morgan fingerprint density at radius 2 is 2.54 bits per heavy atom. The highest BCUT2D eigenvalue weighted by molar-refractivity contribution is 9.09. The number of hydrogen-bond acceptors (Lipinski definition) is 3. The molecule has 74 valence electrons. The van der Waals surface area contributed by atoms with Crippen LogP contribution in [0.1, 0.15) is 13.8 Å². The van der Waals surface area contributed by atoms with Crippen molar-refractivity contribution in [2.45, 2.75) is 20.0 Å². The third kappa shape index (κ3) is 3.12. The molecular weight excluding hydrogens is 232 g/mol. The molecule has 0 amide bonds. The molecule has 0 saturated carbocycles. The molecule has 0 spiro atoms. The lowest BCUT2D eigenvalue weighted by Crippen LogP contribution is -2.19. The number of alkyl halides is 1. The van der Waals surface area contributed by atoms with Crippen molar-refractivity contribution in [1.29, 1.82) is 0 Å². The van der Waals surface area contributed by atoms with Crippen molar-refractivity contribution < 1.29 is 4.74 Å². The van der Waals surface area contributed by atoms with Gasteiger partial charge in [-0.25, -0.2) is 4.99 Å². The first kappa shape index (κ1) is 10.7. The lowest BCUT2D eigenvalue weighted by Gasteiger charge is -2.15. The Morgan fingerprint density at radius 3 is 3.00 bits per heavy atom. The maximum absolute atomic E-state index is 5.43. The van der Waals surface area contributed by atoms with E-state index in [1.165, 1.54) is 0 Å². The van der Waals surface area contributed by atoms with E-state index in [1.54, 1.807) is 6.21 Å². The fraction of sp³-hybridized carbons (Fsp3) is 0.667. The Hall–Kier alpha value is -0.350. The number of nitrogens with zero attached hydrogens (tertiary/aromatic N) is 2. The SMILES string of the molecule is CC=N/C(=C\CBr)N1CO[C@@H](C)C1. The normalized spacial score (nSPS) is 24.7. The summed E-state index contributed by atoms with van der Waals surface area (Å²) in [6, 6.07) is 0. The van der Waals surface area contributed by atoms with Gasteiger partial charge in [0, 0.05) is 18.1 Å². The van der Waals surface area contributed by atoms with Crippen LogP contribution in [-0.4, -0.2) is 35.8 Å². The van der Waals surface area contributed by atoms with Crippen LogP contribution in [0, 0.1) is 0 Å². The topological polar surface area (TPSA) is 24.8 Å². The van der Waals surface area contributed by atoms with E-state index >= 15 is 0 Å². The second-order valence-corrected chi connectivity index (χ2v) is 3.58. The molecule has 1 aliphatic rings. The number of hydrogen-bond donors (Lipinski definition) is 0. The summed E-state index contributed by atoms with van der Waals surface area (Å²) in [5, 5.41) is 0.824. The van der Waals surface area contributed by atoms with E-state index in [4.69, 9.17) is 4.74 Å². The van der Waals surface area contributed by atoms with Gasteiger partial charge >= 0.3 is 0 Å². The zero-order valence-corrected chi connectivity index (χ0v) is 9.62. The minimum absolute atomic E-state index is 0.311. The first-order chi connectivity index (χ1) is 6.27. The molecule has 0 aromatic carbocycles. The highest BCUT2D eigenvalue weighted by atomic mass is 79.9. The van der Waals surface area contributed by atoms with Gasteiger partial charge in [0.05, 0.1) is 6.10 Å². The van der Waals surface area contributed by atoms with Crippen molar-refractivity contribution in [1.82, 2.24) is 4.90 Å². The van der Waals surface area contributed by atoms with Gasteiger partial charge < -0.3 is 9.64 Å². The summed E-state index contributed by atoms with van der Waals surface area (Å²) in [6.07, 6.45) is 4.16. The first-order valence-electron chi connectivity index (χ1n) is 4.39. The summed E-state index contributed by atoms with van der Waals surface area (Å²) < 4.78 is 5.43. The largest absolute Gasteiger partial charge is 0.356 e. The minimum atomic E-state index is 0.311. The third-order valence-electron chi connectivity index (χ3n) is 1.84. The van der Waals surface area contributed by atoms with Crippen LogP contribution >= 0.6 is 15.9 Å². The van der Waals surface area contributed by atoms with Gasteiger partial charge in [0.1, 0.15) is 12.6 Å². The van der Waals surface area contributed by atoms with E-state index in [2.05, 4.69) is 32.7 Å². The molecular formula is C9H15BrN2O. The fourth-order valence-electron chi connectivity index (χ4n) is 1.26. The molecule has 0 bridgehead atoms. The lowest BCUT2D eigenvalue weighted by molar-refractivity contribution is 0.107. The van der Waals surface area contributed by atoms with Gasteiger partial charge in [0.15, 0.2) is 0 Å². The second kappa shape index (κ2) is 5.40. The van der Waals surface area contributed by atoms with Crippen LogP contribution in [-0.2, 0) is 4.74 Å². The number of ether oxygens (including phenoxy) is 1. The zero-order chi connectivity index (χ0) is 9.68. The average Bonchev–Trinajstić information content (AvgIpc) is 2.51. The second-order valence-electron chi connectivity index (χ2n) is 2.93. The van der Waals surface area contributed by atoms with Crippen LogP contribution in [0.15, 0.2) is 16.9 Å². The van der Waals surface area contributed by atoms with Crippen molar-refractivity contribution in [3.63, 3.8) is 0 Å². The van der Waals surface area contributed by atoms with Crippen LogP contribution in [0.4, 0.5) is 0 Å². The predicted octanol–water partition coefficient (Wildman–Crippen LogP) is 1.99. The molecule has 0 aromatic rings. The summed E-state index contributed by atoms with van der Waals surface area (Å²) in [5.41, 5.74) is 0. The predicted molar refractivity (Wildman–Crippen MR) is 58.2 cm³/mol. The molecule has 0 aromatic heterocycles. The van der Waals surface area contributed by atoms with E-state index in [9.17, 15) is 0 Å². The summed E-state index contributed by atoms with van der Waals surface area (Å²) in [6.45, 7) is 5.57. The van der Waals surface area contributed by atoms with Crippen LogP contribution < -0.4 is 0 Å². The van der Waals surface area contributed by atoms with Crippen molar-refractivity contribution in [3.05, 3.63) is 11.9 Å². The Labute approximate surface area is 87.6 Å². The number of halogens is 1. The van der Waals surface area contributed by atoms with E-state index in [1.807, 2.05) is 13.0 Å². The molecule has 1 aliphatic heterocycles. The zero-order valence-electron chi connectivity index (χ0n) is 8.03. The number of allylic oxidation sites excluding steroid dienone is 1. The molecule has 1 atom stereocenters. The molecule has 1 fully saturated rings. The van der Waals surface area contributed by atoms with Crippen molar-refractivity contribution in [2.24, 2.45) is 4.99 Å². The smallest absolute Gasteiger partial charge is 0.126 e. The van der Waals surface area contributed by atoms with Gasteiger partial charge in [-0.3, -0.25) is 0 Å². The van der Waals surface area contributed by atoms with Crippen molar-refractivity contribution >= 4 is 22.1 Å². The number of rotatable bonds is 3. The Bertz CT molecular complexity index is 216. The van der Waals surface area contributed by atoms with E-state index < -0.39 is 0 Å². The molecule has 1 heterocycles. The van der Waals surface area contributed by atoms with Crippen LogP contribution in [0.2, 0.25) is 0 Å². The average molecular weight is 247 g/mol. The van der Waals surface area contributed by atoms with Crippen LogP contribution in [0.25, 0.3) is 0 Å². The minimum Gasteiger partial charge on any atom is -0.356 e. The standard InChI is InChI=1S/C9H15BrN2O/c1-3-11-9(4-5-10)12-6-8(2)13-7-12/h3-4,8H,5-7H2,1-2H3/b9-4+,11-3?/t8-/m0/s1. The van der Waals surface area contributed by atoms with Crippen molar-refractivity contribution in [2.75, 3.05) is 18.6 Å². The Balaban J connectivity index is 2.60. The number of aliphatic imine (C=N–C) groups is 1. The highest BCUT2D eigenvalue weighted by Gasteiger charge is 2.20. The fourth-order valence-corrected chi connectivity index (χ4v) is 1.55. The van der Waals surface area contributed by atoms with Gasteiger partial charge in [0.2, 0.25) is 0 Å². The summed E-state index contributed by atoms with van der Waals surface area (Å²) in [7, 11) is 0. The van der Waals surface area contributed by atoms with Gasteiger partial charge in [-0.15, -0.1) is 0 Å². The maximum Gasteiger partial charge on any atom is 0.126 e. The van der Waals surface area contributed by atoms with Gasteiger partial charge in [0.25, 0.3) is 0 Å². The monoisotopic (exact) mass is 246 g/mol. The van der Waals surface area contributed by atoms with Crippen LogP contribution in [0.3, 0.4) is 0 Å². The quantitative estimate of drug-likeness (QED) is 0.562. The summed E-state index contributed by atoms with van der Waals surface area (Å²) >= 11 is 3.36. The lowest BCUT2D eigenvalue weighted by atomic mass is 10.4. The van der Waals surface area contributed by atoms with E-state index in [0.29, 0.717) is 12.8 Å². The highest BCUT2D eigenvalue weighted by Crippen LogP contribution is 2.15. The Morgan fingerprint density at radius 1 is 1.77 bits per heavy atom. The van der Waals surface area contributed by atoms with Gasteiger partial charge in [-0.1, -0.05) is 15.9 Å². The molecule has 0 aliphatic carbocycles. The third-order valence-corrected chi connectivity index (χ3v) is 2.16. The first-order valence-corrected chi connectivity index (χ1v) is 5.51.